The standard InChI is InChI=1S/C22H22N4O3/c1-4-26-19-18(21(28)25-22(26)29)16(13-17(24-19)14(2)3)20(27)23-12-8-11-15-9-6-5-7-10-15/h5-7,9-10,13-14H,4,12H2,1-3H3,(H,23,27)(H,25,28,29). The molecule has 148 valence electrons. The summed E-state index contributed by atoms with van der Waals surface area (Å²) in [6.07, 6.45) is 0. The topological polar surface area (TPSA) is 96.9 Å². The summed E-state index contributed by atoms with van der Waals surface area (Å²) in [5, 5.41) is 2.83. The molecule has 1 amide bonds. The molecule has 0 aliphatic rings. The Labute approximate surface area is 167 Å². The van der Waals surface area contributed by atoms with Gasteiger partial charge in [-0.1, -0.05) is 43.9 Å². The molecule has 0 radical (unpaired) electrons. The minimum atomic E-state index is -0.627. The van der Waals surface area contributed by atoms with Crippen molar-refractivity contribution in [1.82, 2.24) is 19.9 Å². The lowest BCUT2D eigenvalue weighted by Crippen LogP contribution is -2.33. The second-order valence-corrected chi connectivity index (χ2v) is 6.80. The summed E-state index contributed by atoms with van der Waals surface area (Å²) < 4.78 is 1.36. The number of fused-ring (bicyclic) bond motifs is 1. The van der Waals surface area contributed by atoms with E-state index in [0.29, 0.717) is 12.2 Å². The number of nitrogens with zero attached hydrogens (tertiary/aromatic N) is 2. The molecule has 1 aromatic carbocycles. The number of benzene rings is 1. The highest BCUT2D eigenvalue weighted by Crippen LogP contribution is 2.19. The number of carbonyl (C=O) groups is 1. The molecule has 3 rings (SSSR count). The average Bonchev–Trinajstić information content (AvgIpc) is 2.71. The van der Waals surface area contributed by atoms with E-state index in [1.165, 1.54) is 4.57 Å². The molecule has 2 aromatic heterocycles. The van der Waals surface area contributed by atoms with Gasteiger partial charge in [0, 0.05) is 17.8 Å². The Morgan fingerprint density at radius 2 is 1.97 bits per heavy atom. The monoisotopic (exact) mass is 390 g/mol. The number of hydrogen-bond donors (Lipinski definition) is 2. The molecule has 0 saturated carbocycles. The zero-order valence-electron chi connectivity index (χ0n) is 16.6. The number of aromatic nitrogens is 3. The maximum absolute atomic E-state index is 12.8. The van der Waals surface area contributed by atoms with E-state index in [1.54, 1.807) is 13.0 Å². The molecule has 0 fully saturated rings. The van der Waals surface area contributed by atoms with Gasteiger partial charge in [-0.15, -0.1) is 0 Å². The van der Waals surface area contributed by atoms with Crippen LogP contribution in [0.2, 0.25) is 0 Å². The molecular weight excluding hydrogens is 368 g/mol. The first-order valence-corrected chi connectivity index (χ1v) is 9.42. The van der Waals surface area contributed by atoms with Gasteiger partial charge in [0.1, 0.15) is 0 Å². The maximum atomic E-state index is 12.8. The van der Waals surface area contributed by atoms with Gasteiger partial charge in [-0.25, -0.2) is 9.78 Å². The molecule has 0 atom stereocenters. The summed E-state index contributed by atoms with van der Waals surface area (Å²) >= 11 is 0. The zero-order chi connectivity index (χ0) is 21.0. The molecule has 0 aliphatic carbocycles. The molecular formula is C22H22N4O3. The van der Waals surface area contributed by atoms with Gasteiger partial charge >= 0.3 is 5.69 Å². The van der Waals surface area contributed by atoms with Crippen LogP contribution in [0.25, 0.3) is 11.0 Å². The SMILES string of the molecule is CCn1c(=O)[nH]c(=O)c2c(C(=O)NCC#Cc3ccccc3)cc(C(C)C)nc21. The van der Waals surface area contributed by atoms with Crippen LogP contribution >= 0.6 is 0 Å². The van der Waals surface area contributed by atoms with E-state index in [0.717, 1.165) is 5.56 Å². The number of nitrogens with one attached hydrogen (secondary N) is 2. The van der Waals surface area contributed by atoms with Gasteiger partial charge in [0.05, 0.1) is 17.5 Å². The third-order valence-electron chi connectivity index (χ3n) is 4.46. The molecule has 0 aliphatic heterocycles. The largest absolute Gasteiger partial charge is 0.341 e. The van der Waals surface area contributed by atoms with Crippen molar-refractivity contribution in [1.29, 1.82) is 0 Å². The second-order valence-electron chi connectivity index (χ2n) is 6.80. The molecule has 2 N–H and O–H groups in total. The third-order valence-corrected chi connectivity index (χ3v) is 4.46. The van der Waals surface area contributed by atoms with E-state index in [-0.39, 0.29) is 29.1 Å². The van der Waals surface area contributed by atoms with E-state index >= 15 is 0 Å². The number of carbonyl (C=O) groups excluding carboxylic acids is 1. The molecule has 3 aromatic rings. The van der Waals surface area contributed by atoms with Crippen LogP contribution in [-0.2, 0) is 6.54 Å². The molecule has 2 heterocycles. The number of aryl methyl sites for hydroxylation is 1. The number of rotatable bonds is 4. The van der Waals surface area contributed by atoms with Gasteiger partial charge in [-0.05, 0) is 31.0 Å². The van der Waals surface area contributed by atoms with Crippen LogP contribution in [0.5, 0.6) is 0 Å². The molecule has 0 bridgehead atoms. The van der Waals surface area contributed by atoms with Gasteiger partial charge < -0.3 is 5.32 Å². The van der Waals surface area contributed by atoms with E-state index < -0.39 is 17.2 Å². The lowest BCUT2D eigenvalue weighted by atomic mass is 10.0. The fourth-order valence-electron chi connectivity index (χ4n) is 2.95. The van der Waals surface area contributed by atoms with Gasteiger partial charge in [0.2, 0.25) is 0 Å². The Bertz CT molecular complexity index is 1230. The number of aromatic amines is 1. The molecule has 29 heavy (non-hydrogen) atoms. The molecule has 7 nitrogen and oxygen atoms in total. The highest BCUT2D eigenvalue weighted by molar-refractivity contribution is 6.05. The van der Waals surface area contributed by atoms with Gasteiger partial charge in [-0.2, -0.15) is 0 Å². The van der Waals surface area contributed by atoms with Crippen LogP contribution in [-0.4, -0.2) is 27.0 Å². The lowest BCUT2D eigenvalue weighted by Gasteiger charge is -2.13. The number of amides is 1. The summed E-state index contributed by atoms with van der Waals surface area (Å²) in [6.45, 7) is 6.09. The summed E-state index contributed by atoms with van der Waals surface area (Å²) in [6, 6.07) is 11.0. The second kappa shape index (κ2) is 8.57. The fourth-order valence-corrected chi connectivity index (χ4v) is 2.95. The normalized spacial score (nSPS) is 10.6. The van der Waals surface area contributed by atoms with Crippen LogP contribution in [0.1, 0.15) is 48.3 Å². The Kier molecular flexibility index (Phi) is 5.93. The number of hydrogen-bond acceptors (Lipinski definition) is 4. The molecule has 7 heteroatoms. The van der Waals surface area contributed by atoms with Gasteiger partial charge in [0.25, 0.3) is 11.5 Å². The van der Waals surface area contributed by atoms with E-state index in [2.05, 4.69) is 27.1 Å². The number of H-pyrrole nitrogens is 1. The quantitative estimate of drug-likeness (QED) is 0.666. The highest BCUT2D eigenvalue weighted by Gasteiger charge is 2.19. The molecule has 0 spiro atoms. The van der Waals surface area contributed by atoms with Gasteiger partial charge in [0.15, 0.2) is 5.65 Å². The van der Waals surface area contributed by atoms with Crippen molar-refractivity contribution in [3.05, 3.63) is 74.1 Å². The maximum Gasteiger partial charge on any atom is 0.329 e. The van der Waals surface area contributed by atoms with Crippen LogP contribution in [0, 0.1) is 11.8 Å². The van der Waals surface area contributed by atoms with Crippen LogP contribution in [0.3, 0.4) is 0 Å². The van der Waals surface area contributed by atoms with Crippen molar-refractivity contribution < 1.29 is 4.79 Å². The van der Waals surface area contributed by atoms with Crippen LogP contribution in [0.4, 0.5) is 0 Å². The van der Waals surface area contributed by atoms with Crippen molar-refractivity contribution >= 4 is 16.9 Å². The van der Waals surface area contributed by atoms with Crippen molar-refractivity contribution in [2.45, 2.75) is 33.2 Å². The van der Waals surface area contributed by atoms with Crippen LogP contribution < -0.4 is 16.6 Å². The van der Waals surface area contributed by atoms with Crippen molar-refractivity contribution in [2.24, 2.45) is 0 Å². The first kappa shape index (κ1) is 20.1. The predicted octanol–water partition coefficient (Wildman–Crippen LogP) is 2.01. The van der Waals surface area contributed by atoms with Crippen molar-refractivity contribution in [3.8, 4) is 11.8 Å². The minimum absolute atomic E-state index is 0.0171. The van der Waals surface area contributed by atoms with Crippen LogP contribution in [0.15, 0.2) is 46.0 Å². The summed E-state index contributed by atoms with van der Waals surface area (Å²) in [5.41, 5.74) is 0.708. The Morgan fingerprint density at radius 3 is 2.62 bits per heavy atom. The Hall–Kier alpha value is -3.66. The Morgan fingerprint density at radius 1 is 1.24 bits per heavy atom. The zero-order valence-corrected chi connectivity index (χ0v) is 16.6. The first-order chi connectivity index (χ1) is 13.9. The minimum Gasteiger partial charge on any atom is -0.341 e. The summed E-state index contributed by atoms with van der Waals surface area (Å²) in [5.74, 6) is 5.44. The molecule has 0 unspecified atom stereocenters. The fraction of sp³-hybridized carbons (Fsp3) is 0.273. The predicted molar refractivity (Wildman–Crippen MR) is 112 cm³/mol. The smallest absolute Gasteiger partial charge is 0.329 e. The Balaban J connectivity index is 2.01. The highest BCUT2D eigenvalue weighted by atomic mass is 16.2. The first-order valence-electron chi connectivity index (χ1n) is 9.42. The van der Waals surface area contributed by atoms with E-state index in [9.17, 15) is 14.4 Å². The average molecular weight is 390 g/mol. The van der Waals surface area contributed by atoms with Crippen molar-refractivity contribution in [2.75, 3.05) is 6.54 Å². The van der Waals surface area contributed by atoms with E-state index in [4.69, 9.17) is 0 Å². The molecule has 0 saturated heterocycles. The summed E-state index contributed by atoms with van der Waals surface area (Å²) in [4.78, 5) is 44.2. The van der Waals surface area contributed by atoms with E-state index in [1.807, 2.05) is 44.2 Å². The third kappa shape index (κ3) is 4.27. The van der Waals surface area contributed by atoms with Crippen molar-refractivity contribution in [3.63, 3.8) is 0 Å². The van der Waals surface area contributed by atoms with Gasteiger partial charge in [-0.3, -0.25) is 19.1 Å². The summed E-state index contributed by atoms with van der Waals surface area (Å²) in [7, 11) is 0. The lowest BCUT2D eigenvalue weighted by molar-refractivity contribution is 0.0960. The number of pyridine rings is 1.